The van der Waals surface area contributed by atoms with E-state index in [1.807, 2.05) is 0 Å². The molecular formula is C43H80O5. The molecule has 0 saturated heterocycles. The van der Waals surface area contributed by atoms with Crippen LogP contribution in [0.15, 0.2) is 24.3 Å². The topological polar surface area (TPSA) is 72.8 Å². The molecule has 0 rings (SSSR count). The Kier molecular flexibility index (Phi) is 38.5. The molecule has 0 aliphatic carbocycles. The summed E-state index contributed by atoms with van der Waals surface area (Å²) in [5.41, 5.74) is 0. The molecule has 0 aliphatic rings. The molecule has 0 aromatic carbocycles. The molecule has 0 aromatic rings. The average Bonchev–Trinajstić information content (AvgIpc) is 3.09. The number of esters is 2. The van der Waals surface area contributed by atoms with Gasteiger partial charge in [-0.25, -0.2) is 0 Å². The molecule has 0 heterocycles. The third kappa shape index (κ3) is 37.2. The first-order chi connectivity index (χ1) is 23.6. The molecule has 0 amide bonds. The number of hydrogen-bond donors (Lipinski definition) is 1. The molecule has 0 spiro atoms. The summed E-state index contributed by atoms with van der Waals surface area (Å²) in [5.74, 6) is -0.595. The Morgan fingerprint density at radius 2 is 0.771 bits per heavy atom. The minimum atomic E-state index is -0.771. The lowest BCUT2D eigenvalue weighted by Crippen LogP contribution is -2.28. The van der Waals surface area contributed by atoms with E-state index in [1.54, 1.807) is 0 Å². The summed E-state index contributed by atoms with van der Waals surface area (Å²) < 4.78 is 10.6. The van der Waals surface area contributed by atoms with Crippen molar-refractivity contribution in [2.45, 2.75) is 225 Å². The summed E-state index contributed by atoms with van der Waals surface area (Å²) in [7, 11) is 0. The smallest absolute Gasteiger partial charge is 0.306 e. The van der Waals surface area contributed by atoms with E-state index in [-0.39, 0.29) is 25.2 Å². The van der Waals surface area contributed by atoms with E-state index in [0.717, 1.165) is 44.9 Å². The van der Waals surface area contributed by atoms with Gasteiger partial charge in [0.15, 0.2) is 6.10 Å². The van der Waals surface area contributed by atoms with Crippen LogP contribution in [0.2, 0.25) is 0 Å². The van der Waals surface area contributed by atoms with E-state index in [0.29, 0.717) is 12.8 Å². The lowest BCUT2D eigenvalue weighted by atomic mass is 10.0. The summed E-state index contributed by atoms with van der Waals surface area (Å²) in [5, 5.41) is 9.56. The number of carbonyl (C=O) groups is 2. The normalized spacial score (nSPS) is 12.3. The highest BCUT2D eigenvalue weighted by Crippen LogP contribution is 2.14. The molecule has 0 radical (unpaired) electrons. The van der Waals surface area contributed by atoms with Gasteiger partial charge in [-0.2, -0.15) is 0 Å². The zero-order valence-electron chi connectivity index (χ0n) is 32.0. The van der Waals surface area contributed by atoms with Crippen molar-refractivity contribution in [1.82, 2.24) is 0 Å². The zero-order chi connectivity index (χ0) is 35.0. The molecule has 5 nitrogen and oxygen atoms in total. The first kappa shape index (κ1) is 46.4. The van der Waals surface area contributed by atoms with E-state index in [2.05, 4.69) is 38.2 Å². The van der Waals surface area contributed by atoms with Crippen molar-refractivity contribution in [3.8, 4) is 0 Å². The molecule has 0 bridgehead atoms. The number of allylic oxidation sites excluding steroid dienone is 4. The largest absolute Gasteiger partial charge is 0.462 e. The fourth-order valence-corrected chi connectivity index (χ4v) is 6.01. The number of rotatable bonds is 38. The van der Waals surface area contributed by atoms with Gasteiger partial charge in [0.1, 0.15) is 6.61 Å². The second-order valence-electron chi connectivity index (χ2n) is 14.1. The number of carbonyl (C=O) groups excluding carboxylic acids is 2. The number of aliphatic hydroxyl groups is 1. The third-order valence-electron chi connectivity index (χ3n) is 9.22. The fraction of sp³-hybridized carbons (Fsp3) is 0.860. The average molecular weight is 677 g/mol. The maximum Gasteiger partial charge on any atom is 0.306 e. The Morgan fingerprint density at radius 1 is 0.458 bits per heavy atom. The van der Waals surface area contributed by atoms with Crippen LogP contribution in [0.3, 0.4) is 0 Å². The number of unbranched alkanes of at least 4 members (excludes halogenated alkanes) is 26. The minimum absolute atomic E-state index is 0.0673. The molecule has 5 heteroatoms. The van der Waals surface area contributed by atoms with Gasteiger partial charge in [-0.05, 0) is 64.2 Å². The van der Waals surface area contributed by atoms with Crippen LogP contribution >= 0.6 is 0 Å². The summed E-state index contributed by atoms with van der Waals surface area (Å²) in [6.45, 7) is 4.12. The molecule has 48 heavy (non-hydrogen) atoms. The second kappa shape index (κ2) is 39.8. The van der Waals surface area contributed by atoms with E-state index in [9.17, 15) is 14.7 Å². The highest BCUT2D eigenvalue weighted by Gasteiger charge is 2.16. The van der Waals surface area contributed by atoms with Gasteiger partial charge in [0, 0.05) is 12.8 Å². The van der Waals surface area contributed by atoms with Crippen molar-refractivity contribution in [2.24, 2.45) is 0 Å². The number of hydrogen-bond acceptors (Lipinski definition) is 5. The molecule has 0 fully saturated rings. The maximum absolute atomic E-state index is 12.2. The Bertz CT molecular complexity index is 731. The lowest BCUT2D eigenvalue weighted by molar-refractivity contribution is -0.161. The van der Waals surface area contributed by atoms with Crippen molar-refractivity contribution < 1.29 is 24.2 Å². The summed E-state index contributed by atoms with van der Waals surface area (Å²) in [6.07, 6.45) is 46.7. The van der Waals surface area contributed by atoms with E-state index >= 15 is 0 Å². The van der Waals surface area contributed by atoms with Gasteiger partial charge in [0.2, 0.25) is 0 Å². The Labute approximate surface area is 298 Å². The minimum Gasteiger partial charge on any atom is -0.462 e. The van der Waals surface area contributed by atoms with Crippen LogP contribution in [0.25, 0.3) is 0 Å². The number of aliphatic hydroxyl groups excluding tert-OH is 1. The summed E-state index contributed by atoms with van der Waals surface area (Å²) in [4.78, 5) is 24.3. The van der Waals surface area contributed by atoms with Crippen LogP contribution in [0, 0.1) is 0 Å². The second-order valence-corrected chi connectivity index (χ2v) is 14.1. The van der Waals surface area contributed by atoms with Crippen molar-refractivity contribution in [3.63, 3.8) is 0 Å². The Balaban J connectivity index is 3.51. The van der Waals surface area contributed by atoms with E-state index in [1.165, 1.54) is 148 Å². The Morgan fingerprint density at radius 3 is 1.15 bits per heavy atom. The highest BCUT2D eigenvalue weighted by molar-refractivity contribution is 5.70. The van der Waals surface area contributed by atoms with Crippen molar-refractivity contribution in [1.29, 1.82) is 0 Å². The molecule has 0 aromatic heterocycles. The van der Waals surface area contributed by atoms with Crippen LogP contribution < -0.4 is 0 Å². The Hall–Kier alpha value is -1.62. The first-order valence-corrected chi connectivity index (χ1v) is 20.9. The SMILES string of the molecule is CCCCCCC=CCCCCCCCC(=O)OCC(CO)OC(=O)CCCCCCCCCCCCCC=CCCCCCCCC. The molecule has 282 valence electrons. The van der Waals surface area contributed by atoms with Gasteiger partial charge >= 0.3 is 11.9 Å². The van der Waals surface area contributed by atoms with E-state index in [4.69, 9.17) is 9.47 Å². The van der Waals surface area contributed by atoms with Crippen LogP contribution in [-0.4, -0.2) is 36.4 Å². The van der Waals surface area contributed by atoms with Gasteiger partial charge in [0.25, 0.3) is 0 Å². The van der Waals surface area contributed by atoms with Gasteiger partial charge in [-0.3, -0.25) is 9.59 Å². The zero-order valence-corrected chi connectivity index (χ0v) is 32.0. The van der Waals surface area contributed by atoms with Crippen LogP contribution in [0.4, 0.5) is 0 Å². The van der Waals surface area contributed by atoms with Crippen LogP contribution in [0.1, 0.15) is 219 Å². The third-order valence-corrected chi connectivity index (χ3v) is 9.22. The predicted molar refractivity (Wildman–Crippen MR) is 205 cm³/mol. The fourth-order valence-electron chi connectivity index (χ4n) is 6.01. The van der Waals surface area contributed by atoms with Gasteiger partial charge in [-0.1, -0.05) is 167 Å². The van der Waals surface area contributed by atoms with Crippen molar-refractivity contribution >= 4 is 11.9 Å². The molecular weight excluding hydrogens is 596 g/mol. The standard InChI is InChI=1S/C43H80O5/c1-3-5-7-9-11-13-15-17-18-19-20-21-22-23-24-26-28-30-32-34-36-38-43(46)48-41(39-44)40-47-42(45)37-35-33-31-29-27-25-16-14-12-10-8-6-4-2/h14,16-18,41,44H,3-13,15,19-40H2,1-2H3. The highest BCUT2D eigenvalue weighted by atomic mass is 16.6. The summed E-state index contributed by atoms with van der Waals surface area (Å²) in [6, 6.07) is 0. The first-order valence-electron chi connectivity index (χ1n) is 20.9. The van der Waals surface area contributed by atoms with Gasteiger partial charge in [-0.15, -0.1) is 0 Å². The predicted octanol–water partition coefficient (Wildman–Crippen LogP) is 13.1. The van der Waals surface area contributed by atoms with Crippen LogP contribution in [-0.2, 0) is 19.1 Å². The quantitative estimate of drug-likeness (QED) is 0.0400. The molecule has 1 atom stereocenters. The van der Waals surface area contributed by atoms with Gasteiger partial charge in [0.05, 0.1) is 6.61 Å². The molecule has 0 aliphatic heterocycles. The van der Waals surface area contributed by atoms with Crippen LogP contribution in [0.5, 0.6) is 0 Å². The monoisotopic (exact) mass is 677 g/mol. The van der Waals surface area contributed by atoms with Crippen molar-refractivity contribution in [2.75, 3.05) is 13.2 Å². The maximum atomic E-state index is 12.2. The molecule has 1 N–H and O–H groups in total. The number of ether oxygens (including phenoxy) is 2. The molecule has 1 unspecified atom stereocenters. The van der Waals surface area contributed by atoms with Gasteiger partial charge < -0.3 is 14.6 Å². The summed E-state index contributed by atoms with van der Waals surface area (Å²) >= 11 is 0. The van der Waals surface area contributed by atoms with Crippen molar-refractivity contribution in [3.05, 3.63) is 24.3 Å². The van der Waals surface area contributed by atoms with E-state index < -0.39 is 6.10 Å². The lowest BCUT2D eigenvalue weighted by Gasteiger charge is -2.15. The molecule has 0 saturated carbocycles.